The van der Waals surface area contributed by atoms with Gasteiger partial charge >= 0.3 is 0 Å². The summed E-state index contributed by atoms with van der Waals surface area (Å²) in [5.41, 5.74) is 0. The number of unbranched alkanes of at least 4 members (excludes halogenated alkanes) is 2. The van der Waals surface area contributed by atoms with Crippen LogP contribution in [0.3, 0.4) is 0 Å². The van der Waals surface area contributed by atoms with Crippen LogP contribution in [-0.2, 0) is 13.1 Å². The minimum atomic E-state index is 1.01. The summed E-state index contributed by atoms with van der Waals surface area (Å²) in [7, 11) is 2.22. The Morgan fingerprint density at radius 1 is 1.18 bits per heavy atom. The van der Waals surface area contributed by atoms with E-state index in [9.17, 15) is 0 Å². The van der Waals surface area contributed by atoms with Crippen LogP contribution in [0.4, 0.5) is 0 Å². The monoisotopic (exact) mass is 254 g/mol. The summed E-state index contributed by atoms with van der Waals surface area (Å²) in [4.78, 5) is 5.36. The van der Waals surface area contributed by atoms with Crippen LogP contribution in [0.2, 0.25) is 0 Å². The van der Waals surface area contributed by atoms with Crippen LogP contribution in [-0.4, -0.2) is 25.0 Å². The number of nitrogens with zero attached hydrogens (tertiary/aromatic N) is 1. The molecule has 0 amide bonds. The van der Waals surface area contributed by atoms with Crippen molar-refractivity contribution in [2.75, 3.05) is 20.1 Å². The first-order valence-corrected chi connectivity index (χ1v) is 7.54. The van der Waals surface area contributed by atoms with Crippen molar-refractivity contribution in [1.29, 1.82) is 0 Å². The van der Waals surface area contributed by atoms with E-state index in [1.54, 1.807) is 0 Å². The Kier molecular flexibility index (Phi) is 7.49. The Morgan fingerprint density at radius 2 is 1.94 bits per heavy atom. The zero-order valence-corrected chi connectivity index (χ0v) is 12.3. The van der Waals surface area contributed by atoms with Crippen LogP contribution in [0.5, 0.6) is 0 Å². The van der Waals surface area contributed by atoms with Crippen LogP contribution in [0.15, 0.2) is 12.1 Å². The van der Waals surface area contributed by atoms with Crippen LogP contribution < -0.4 is 5.32 Å². The predicted molar refractivity (Wildman–Crippen MR) is 77.6 cm³/mol. The first-order chi connectivity index (χ1) is 8.26. The average molecular weight is 254 g/mol. The molecule has 98 valence electrons. The van der Waals surface area contributed by atoms with Crippen molar-refractivity contribution in [2.24, 2.45) is 0 Å². The van der Waals surface area contributed by atoms with E-state index in [0.29, 0.717) is 0 Å². The lowest BCUT2D eigenvalue weighted by Gasteiger charge is -2.14. The van der Waals surface area contributed by atoms with Crippen LogP contribution in [0.1, 0.15) is 42.9 Å². The summed E-state index contributed by atoms with van der Waals surface area (Å²) in [5, 5.41) is 3.37. The first kappa shape index (κ1) is 14.7. The van der Waals surface area contributed by atoms with Crippen molar-refractivity contribution < 1.29 is 0 Å². The highest BCUT2D eigenvalue weighted by Gasteiger charge is 2.03. The maximum atomic E-state index is 3.37. The van der Waals surface area contributed by atoms with E-state index in [2.05, 4.69) is 43.2 Å². The molecular formula is C14H26N2S. The summed E-state index contributed by atoms with van der Waals surface area (Å²) in [6.45, 7) is 8.78. The zero-order valence-electron chi connectivity index (χ0n) is 11.5. The van der Waals surface area contributed by atoms with E-state index in [0.717, 1.165) is 19.6 Å². The Morgan fingerprint density at radius 3 is 2.65 bits per heavy atom. The van der Waals surface area contributed by atoms with Gasteiger partial charge in [-0.15, -0.1) is 11.3 Å². The lowest BCUT2D eigenvalue weighted by Crippen LogP contribution is -2.18. The summed E-state index contributed by atoms with van der Waals surface area (Å²) >= 11 is 1.94. The Balaban J connectivity index is 2.27. The van der Waals surface area contributed by atoms with Crippen molar-refractivity contribution in [2.45, 2.75) is 46.2 Å². The molecule has 0 saturated carbocycles. The number of nitrogens with one attached hydrogen (secondary N) is 1. The fourth-order valence-corrected chi connectivity index (χ4v) is 2.90. The van der Waals surface area contributed by atoms with Crippen molar-refractivity contribution in [1.82, 2.24) is 10.2 Å². The molecule has 0 atom stereocenters. The molecule has 0 fully saturated rings. The molecule has 1 aromatic rings. The summed E-state index contributed by atoms with van der Waals surface area (Å²) < 4.78 is 0. The number of hydrogen-bond donors (Lipinski definition) is 1. The second-order valence-electron chi connectivity index (χ2n) is 4.59. The third-order valence-electron chi connectivity index (χ3n) is 2.84. The van der Waals surface area contributed by atoms with Gasteiger partial charge in [-0.1, -0.05) is 26.7 Å². The maximum Gasteiger partial charge on any atom is 0.0324 e. The molecule has 3 heteroatoms. The Hall–Kier alpha value is -0.380. The van der Waals surface area contributed by atoms with Gasteiger partial charge in [-0.3, -0.25) is 0 Å². The fourth-order valence-electron chi connectivity index (χ4n) is 1.83. The summed E-state index contributed by atoms with van der Waals surface area (Å²) in [5.74, 6) is 0. The molecule has 17 heavy (non-hydrogen) atoms. The van der Waals surface area contributed by atoms with E-state index in [4.69, 9.17) is 0 Å². The van der Waals surface area contributed by atoms with E-state index in [1.807, 2.05) is 11.3 Å². The molecule has 0 aromatic carbocycles. The molecule has 0 aliphatic rings. The van der Waals surface area contributed by atoms with Crippen molar-refractivity contribution in [3.05, 3.63) is 21.9 Å². The smallest absolute Gasteiger partial charge is 0.0324 e. The Bertz CT molecular complexity index is 296. The predicted octanol–water partition coefficient (Wildman–Crippen LogP) is 3.48. The van der Waals surface area contributed by atoms with Gasteiger partial charge in [0.05, 0.1) is 0 Å². The highest BCUT2D eigenvalue weighted by atomic mass is 32.1. The summed E-state index contributed by atoms with van der Waals surface area (Å²) in [6.07, 6.45) is 3.97. The average Bonchev–Trinajstić information content (AvgIpc) is 2.74. The van der Waals surface area contributed by atoms with E-state index < -0.39 is 0 Å². The minimum Gasteiger partial charge on any atom is -0.312 e. The third kappa shape index (κ3) is 6.20. The first-order valence-electron chi connectivity index (χ1n) is 6.73. The maximum absolute atomic E-state index is 3.37. The molecule has 1 N–H and O–H groups in total. The van der Waals surface area contributed by atoms with Crippen LogP contribution in [0, 0.1) is 0 Å². The van der Waals surface area contributed by atoms with Gasteiger partial charge in [0.15, 0.2) is 0 Å². The summed E-state index contributed by atoms with van der Waals surface area (Å²) in [6, 6.07) is 4.52. The number of hydrogen-bond acceptors (Lipinski definition) is 3. The number of thiophene rings is 1. The van der Waals surface area contributed by atoms with E-state index in [-0.39, 0.29) is 0 Å². The minimum absolute atomic E-state index is 1.01. The zero-order chi connectivity index (χ0) is 12.5. The fraction of sp³-hybridized carbons (Fsp3) is 0.714. The molecular weight excluding hydrogens is 228 g/mol. The van der Waals surface area contributed by atoms with Gasteiger partial charge in [0.2, 0.25) is 0 Å². The Labute approximate surface area is 110 Å². The molecule has 0 spiro atoms. The largest absolute Gasteiger partial charge is 0.312 e. The molecule has 0 unspecified atom stereocenters. The standard InChI is InChI=1S/C14H26N2S/c1-4-6-7-10-16(3)12-14-9-8-13(17-14)11-15-5-2/h8-9,15H,4-7,10-12H2,1-3H3. The normalized spacial score (nSPS) is 11.3. The van der Waals surface area contributed by atoms with Gasteiger partial charge in [0, 0.05) is 22.8 Å². The topological polar surface area (TPSA) is 15.3 Å². The van der Waals surface area contributed by atoms with Gasteiger partial charge in [-0.2, -0.15) is 0 Å². The second-order valence-corrected chi connectivity index (χ2v) is 5.85. The van der Waals surface area contributed by atoms with Gasteiger partial charge in [-0.05, 0) is 38.7 Å². The molecule has 1 heterocycles. The SMILES string of the molecule is CCCCCN(C)Cc1ccc(CNCC)s1. The van der Waals surface area contributed by atoms with Gasteiger partial charge < -0.3 is 10.2 Å². The van der Waals surface area contributed by atoms with Crippen LogP contribution >= 0.6 is 11.3 Å². The highest BCUT2D eigenvalue weighted by molar-refractivity contribution is 7.11. The molecule has 0 radical (unpaired) electrons. The molecule has 2 nitrogen and oxygen atoms in total. The van der Waals surface area contributed by atoms with Gasteiger partial charge in [-0.25, -0.2) is 0 Å². The molecule has 0 aliphatic carbocycles. The third-order valence-corrected chi connectivity index (χ3v) is 3.91. The van der Waals surface area contributed by atoms with Gasteiger partial charge in [0.25, 0.3) is 0 Å². The second kappa shape index (κ2) is 8.67. The van der Waals surface area contributed by atoms with Crippen molar-refractivity contribution in [3.63, 3.8) is 0 Å². The van der Waals surface area contributed by atoms with Crippen LogP contribution in [0.25, 0.3) is 0 Å². The van der Waals surface area contributed by atoms with E-state index in [1.165, 1.54) is 35.6 Å². The quantitative estimate of drug-likeness (QED) is 0.679. The molecule has 1 aromatic heterocycles. The highest BCUT2D eigenvalue weighted by Crippen LogP contribution is 2.18. The lowest BCUT2D eigenvalue weighted by molar-refractivity contribution is 0.321. The molecule has 0 saturated heterocycles. The molecule has 1 rings (SSSR count). The van der Waals surface area contributed by atoms with Gasteiger partial charge in [0.1, 0.15) is 0 Å². The van der Waals surface area contributed by atoms with Crippen molar-refractivity contribution >= 4 is 11.3 Å². The lowest BCUT2D eigenvalue weighted by atomic mass is 10.2. The van der Waals surface area contributed by atoms with Crippen molar-refractivity contribution in [3.8, 4) is 0 Å². The number of rotatable bonds is 9. The molecule has 0 bridgehead atoms. The molecule has 0 aliphatic heterocycles. The van der Waals surface area contributed by atoms with E-state index >= 15 is 0 Å².